The van der Waals surface area contributed by atoms with E-state index < -0.39 is 0 Å². The average molecular weight is 375 g/mol. The van der Waals surface area contributed by atoms with E-state index in [-0.39, 0.29) is 11.8 Å². The molecule has 0 saturated carbocycles. The zero-order valence-corrected chi connectivity index (χ0v) is 16.3. The SMILES string of the molecule is Cc1ccc([C@@H]2CC(=O)N3CN(c4cccc(C)c4)CSC3=C2C#N)cc1. The highest BCUT2D eigenvalue weighted by Crippen LogP contribution is 2.43. The van der Waals surface area contributed by atoms with Crippen LogP contribution in [-0.2, 0) is 4.79 Å². The minimum absolute atomic E-state index is 0.0828. The maximum absolute atomic E-state index is 12.9. The Kier molecular flexibility index (Phi) is 4.67. The number of nitrogens with zero attached hydrogens (tertiary/aromatic N) is 3. The highest BCUT2D eigenvalue weighted by Gasteiger charge is 2.38. The number of thioether (sulfide) groups is 1. The molecule has 4 nitrogen and oxygen atoms in total. The molecule has 0 radical (unpaired) electrons. The van der Waals surface area contributed by atoms with Crippen molar-refractivity contribution in [1.82, 2.24) is 4.90 Å². The van der Waals surface area contributed by atoms with E-state index in [1.54, 1.807) is 16.7 Å². The van der Waals surface area contributed by atoms with Crippen molar-refractivity contribution in [3.63, 3.8) is 0 Å². The van der Waals surface area contributed by atoms with E-state index in [0.29, 0.717) is 18.7 Å². The van der Waals surface area contributed by atoms with Gasteiger partial charge in [0.1, 0.15) is 0 Å². The number of amides is 1. The van der Waals surface area contributed by atoms with Crippen molar-refractivity contribution in [2.24, 2.45) is 0 Å². The van der Waals surface area contributed by atoms with Crippen LogP contribution in [0.1, 0.15) is 29.0 Å². The van der Waals surface area contributed by atoms with Crippen LogP contribution in [0.4, 0.5) is 5.69 Å². The van der Waals surface area contributed by atoms with E-state index in [0.717, 1.165) is 22.2 Å². The summed E-state index contributed by atoms with van der Waals surface area (Å²) in [7, 11) is 0. The second kappa shape index (κ2) is 7.13. The van der Waals surface area contributed by atoms with Crippen molar-refractivity contribution in [3.8, 4) is 6.07 Å². The van der Waals surface area contributed by atoms with E-state index in [4.69, 9.17) is 0 Å². The maximum atomic E-state index is 12.9. The number of benzene rings is 2. The van der Waals surface area contributed by atoms with Gasteiger partial charge in [-0.2, -0.15) is 5.26 Å². The van der Waals surface area contributed by atoms with Gasteiger partial charge in [-0.1, -0.05) is 53.7 Å². The van der Waals surface area contributed by atoms with Gasteiger partial charge in [0.15, 0.2) is 0 Å². The summed E-state index contributed by atoms with van der Waals surface area (Å²) in [6.07, 6.45) is 0.345. The summed E-state index contributed by atoms with van der Waals surface area (Å²) in [5.74, 6) is 0.667. The number of carbonyl (C=O) groups is 1. The molecule has 0 N–H and O–H groups in total. The van der Waals surface area contributed by atoms with Crippen LogP contribution in [0.25, 0.3) is 0 Å². The molecule has 27 heavy (non-hydrogen) atoms. The second-order valence-electron chi connectivity index (χ2n) is 7.11. The molecule has 5 heteroatoms. The van der Waals surface area contributed by atoms with Crippen LogP contribution in [-0.4, -0.2) is 23.4 Å². The predicted octanol–water partition coefficient (Wildman–Crippen LogP) is 4.52. The number of nitriles is 1. The van der Waals surface area contributed by atoms with Crippen molar-refractivity contribution in [3.05, 3.63) is 75.8 Å². The van der Waals surface area contributed by atoms with E-state index in [1.165, 1.54) is 11.1 Å². The molecule has 2 aromatic rings. The number of anilines is 1. The monoisotopic (exact) mass is 375 g/mol. The molecule has 136 valence electrons. The first-order chi connectivity index (χ1) is 13.1. The predicted molar refractivity (Wildman–Crippen MR) is 109 cm³/mol. The lowest BCUT2D eigenvalue weighted by atomic mass is 9.86. The summed E-state index contributed by atoms with van der Waals surface area (Å²) in [5.41, 5.74) is 5.23. The van der Waals surface area contributed by atoms with Gasteiger partial charge in [-0.3, -0.25) is 9.69 Å². The lowest BCUT2D eigenvalue weighted by Gasteiger charge is -2.42. The number of hydrogen-bond donors (Lipinski definition) is 0. The largest absolute Gasteiger partial charge is 0.344 e. The quantitative estimate of drug-likeness (QED) is 0.774. The number of fused-ring (bicyclic) bond motifs is 1. The molecule has 2 aliphatic heterocycles. The second-order valence-corrected chi connectivity index (χ2v) is 8.05. The average Bonchev–Trinajstić information content (AvgIpc) is 2.68. The Morgan fingerprint density at radius 2 is 1.89 bits per heavy atom. The molecule has 0 aliphatic carbocycles. The van der Waals surface area contributed by atoms with Crippen molar-refractivity contribution < 1.29 is 4.79 Å². The zero-order valence-electron chi connectivity index (χ0n) is 15.5. The normalized spacial score (nSPS) is 19.7. The molecule has 4 rings (SSSR count). The molecule has 0 unspecified atom stereocenters. The minimum atomic E-state index is -0.146. The van der Waals surface area contributed by atoms with Gasteiger partial charge in [0.25, 0.3) is 0 Å². The van der Waals surface area contributed by atoms with Crippen molar-refractivity contribution >= 4 is 23.4 Å². The van der Waals surface area contributed by atoms with Gasteiger partial charge in [0.2, 0.25) is 5.91 Å². The Bertz CT molecular complexity index is 958. The standard InChI is InChI=1S/C22H21N3OS/c1-15-6-8-17(9-7-15)19-11-21(26)25-13-24(14-27-22(25)20(19)12-23)18-5-3-4-16(2)10-18/h3-10,19H,11,13-14H2,1-2H3/t19-/m0/s1. The van der Waals surface area contributed by atoms with Crippen LogP contribution < -0.4 is 4.90 Å². The smallest absolute Gasteiger partial charge is 0.229 e. The van der Waals surface area contributed by atoms with Crippen molar-refractivity contribution in [2.75, 3.05) is 17.4 Å². The first-order valence-electron chi connectivity index (χ1n) is 9.02. The Morgan fingerprint density at radius 1 is 1.11 bits per heavy atom. The molecular weight excluding hydrogens is 354 g/mol. The third kappa shape index (κ3) is 3.33. The zero-order chi connectivity index (χ0) is 19.0. The van der Waals surface area contributed by atoms with E-state index in [2.05, 4.69) is 36.1 Å². The number of hydrogen-bond acceptors (Lipinski definition) is 4. The van der Waals surface area contributed by atoms with Crippen LogP contribution in [0.3, 0.4) is 0 Å². The van der Waals surface area contributed by atoms with Gasteiger partial charge in [0.05, 0.1) is 29.2 Å². The fraction of sp³-hybridized carbons (Fsp3) is 0.273. The molecule has 1 amide bonds. The third-order valence-corrected chi connectivity index (χ3v) is 6.29. The lowest BCUT2D eigenvalue weighted by molar-refractivity contribution is -0.129. The summed E-state index contributed by atoms with van der Waals surface area (Å²) in [6, 6.07) is 18.8. The van der Waals surface area contributed by atoms with Gasteiger partial charge >= 0.3 is 0 Å². The highest BCUT2D eigenvalue weighted by molar-refractivity contribution is 8.03. The molecule has 0 aromatic heterocycles. The molecular formula is C22H21N3OS. The minimum Gasteiger partial charge on any atom is -0.344 e. The first-order valence-corrected chi connectivity index (χ1v) is 10.0. The van der Waals surface area contributed by atoms with E-state index in [1.807, 2.05) is 37.3 Å². The fourth-order valence-electron chi connectivity index (χ4n) is 3.63. The van der Waals surface area contributed by atoms with Gasteiger partial charge in [-0.05, 0) is 37.1 Å². The van der Waals surface area contributed by atoms with E-state index in [9.17, 15) is 10.1 Å². The molecule has 2 aromatic carbocycles. The van der Waals surface area contributed by atoms with Gasteiger partial charge in [-0.25, -0.2) is 0 Å². The number of aryl methyl sites for hydroxylation is 2. The molecule has 1 saturated heterocycles. The molecule has 1 atom stereocenters. The summed E-state index contributed by atoms with van der Waals surface area (Å²) in [4.78, 5) is 16.9. The molecule has 0 spiro atoms. The summed E-state index contributed by atoms with van der Waals surface area (Å²) >= 11 is 1.58. The topological polar surface area (TPSA) is 47.3 Å². The maximum Gasteiger partial charge on any atom is 0.229 e. The Morgan fingerprint density at radius 3 is 2.59 bits per heavy atom. The summed E-state index contributed by atoms with van der Waals surface area (Å²) in [6.45, 7) is 4.60. The van der Waals surface area contributed by atoms with Crippen LogP contribution >= 0.6 is 11.8 Å². The highest BCUT2D eigenvalue weighted by atomic mass is 32.2. The number of carbonyl (C=O) groups excluding carboxylic acids is 1. The van der Waals surface area contributed by atoms with E-state index >= 15 is 0 Å². The molecule has 2 aliphatic rings. The van der Waals surface area contributed by atoms with Gasteiger partial charge in [-0.15, -0.1) is 0 Å². The third-order valence-electron chi connectivity index (χ3n) is 5.14. The summed E-state index contributed by atoms with van der Waals surface area (Å²) in [5, 5.41) is 10.7. The Labute approximate surface area is 164 Å². The van der Waals surface area contributed by atoms with Crippen molar-refractivity contribution in [2.45, 2.75) is 26.2 Å². The summed E-state index contributed by atoms with van der Waals surface area (Å²) < 4.78 is 0. The number of rotatable bonds is 2. The fourth-order valence-corrected chi connectivity index (χ4v) is 4.80. The lowest BCUT2D eigenvalue weighted by Crippen LogP contribution is -2.47. The van der Waals surface area contributed by atoms with Crippen LogP contribution in [0, 0.1) is 25.2 Å². The van der Waals surface area contributed by atoms with Crippen LogP contribution in [0.2, 0.25) is 0 Å². The first kappa shape index (κ1) is 17.7. The van der Waals surface area contributed by atoms with Gasteiger partial charge in [0, 0.05) is 18.0 Å². The Hall–Kier alpha value is -2.71. The van der Waals surface area contributed by atoms with Crippen molar-refractivity contribution in [1.29, 1.82) is 5.26 Å². The molecule has 1 fully saturated rings. The van der Waals surface area contributed by atoms with Crippen LogP contribution in [0.5, 0.6) is 0 Å². The van der Waals surface area contributed by atoms with Gasteiger partial charge < -0.3 is 4.90 Å². The Balaban J connectivity index is 1.66. The molecule has 0 bridgehead atoms. The number of allylic oxidation sites excluding steroid dienone is 1. The van der Waals surface area contributed by atoms with Crippen LogP contribution in [0.15, 0.2) is 59.1 Å². The molecule has 2 heterocycles.